The Bertz CT molecular complexity index is 1260. The molecule has 0 unspecified atom stereocenters. The maximum absolute atomic E-state index is 14.6. The molecule has 2 heterocycles. The fourth-order valence-electron chi connectivity index (χ4n) is 3.81. The number of hydrogen-bond donors (Lipinski definition) is 0. The van der Waals surface area contributed by atoms with Crippen molar-refractivity contribution in [2.75, 3.05) is 31.2 Å². The van der Waals surface area contributed by atoms with E-state index in [1.54, 1.807) is 16.7 Å². The second-order valence-corrected chi connectivity index (χ2v) is 10.3. The maximum Gasteiger partial charge on any atom is 0.262 e. The van der Waals surface area contributed by atoms with Gasteiger partial charge in [-0.15, -0.1) is 0 Å². The molecule has 0 aliphatic carbocycles. The molecule has 0 radical (unpaired) electrons. The van der Waals surface area contributed by atoms with E-state index < -0.39 is 26.6 Å². The number of anilines is 2. The quantitative estimate of drug-likeness (QED) is 0.571. The van der Waals surface area contributed by atoms with Gasteiger partial charge in [0.1, 0.15) is 10.7 Å². The van der Waals surface area contributed by atoms with E-state index in [4.69, 9.17) is 4.74 Å². The van der Waals surface area contributed by atoms with E-state index in [0.717, 1.165) is 21.9 Å². The molecule has 32 heavy (non-hydrogen) atoms. The summed E-state index contributed by atoms with van der Waals surface area (Å²) in [4.78, 5) is 16.5. The molecule has 0 bridgehead atoms. The Hall–Kier alpha value is -2.72. The molecule has 6 nitrogen and oxygen atoms in total. The number of morpholine rings is 1. The number of fused-ring (bicyclic) bond motifs is 2. The first-order chi connectivity index (χ1) is 15.5. The lowest BCUT2D eigenvalue weighted by molar-refractivity contribution is 0.0729. The molecule has 3 aromatic rings. The summed E-state index contributed by atoms with van der Waals surface area (Å²) in [6, 6.07) is 18.5. The molecule has 0 aromatic heterocycles. The Labute approximate surface area is 189 Å². The highest BCUT2D eigenvalue weighted by Gasteiger charge is 2.32. The minimum Gasteiger partial charge on any atom is -0.379 e. The first-order valence-electron chi connectivity index (χ1n) is 10.0. The fourth-order valence-corrected chi connectivity index (χ4v) is 6.37. The van der Waals surface area contributed by atoms with Crippen molar-refractivity contribution in [3.05, 3.63) is 78.1 Å². The van der Waals surface area contributed by atoms with Crippen molar-refractivity contribution in [1.29, 1.82) is 0 Å². The Balaban J connectivity index is 1.59. The summed E-state index contributed by atoms with van der Waals surface area (Å²) in [6.45, 7) is 0.783. The highest BCUT2D eigenvalue weighted by atomic mass is 32.2. The molecule has 0 atom stereocenters. The number of ether oxygens (including phenoxy) is 1. The van der Waals surface area contributed by atoms with E-state index in [1.807, 2.05) is 48.5 Å². The van der Waals surface area contributed by atoms with Crippen molar-refractivity contribution >= 4 is 39.1 Å². The molecule has 2 aliphatic heterocycles. The molecule has 3 aromatic carbocycles. The van der Waals surface area contributed by atoms with Crippen LogP contribution in [0.1, 0.15) is 10.4 Å². The number of sulfonamides is 1. The van der Waals surface area contributed by atoms with E-state index in [-0.39, 0.29) is 31.9 Å². The van der Waals surface area contributed by atoms with Crippen LogP contribution in [0.25, 0.3) is 0 Å². The largest absolute Gasteiger partial charge is 0.379 e. The first kappa shape index (κ1) is 21.1. The third-order valence-electron chi connectivity index (χ3n) is 5.40. The minimum absolute atomic E-state index is 0.0924. The standard InChI is InChI=1S/C23H19FN2O4S2/c24-17-10-9-16(15-22(17)32(28,29)25-11-13-30-14-12-25)23(27)26-18-5-1-3-7-20(18)31-21-8-4-2-6-19(21)26/h1-10,15H,11-14H2. The van der Waals surface area contributed by atoms with Gasteiger partial charge in [0, 0.05) is 28.4 Å². The molecule has 1 saturated heterocycles. The third kappa shape index (κ3) is 3.61. The molecular formula is C23H19FN2O4S2. The van der Waals surface area contributed by atoms with E-state index in [2.05, 4.69) is 0 Å². The summed E-state index contributed by atoms with van der Waals surface area (Å²) in [5.41, 5.74) is 1.49. The van der Waals surface area contributed by atoms with Crippen LogP contribution < -0.4 is 4.90 Å². The van der Waals surface area contributed by atoms with Crippen LogP contribution in [0, 0.1) is 5.82 Å². The van der Waals surface area contributed by atoms with Crippen LogP contribution in [0.5, 0.6) is 0 Å². The summed E-state index contributed by atoms with van der Waals surface area (Å²) in [5.74, 6) is -1.31. The van der Waals surface area contributed by atoms with Crippen LogP contribution in [0.4, 0.5) is 15.8 Å². The monoisotopic (exact) mass is 470 g/mol. The van der Waals surface area contributed by atoms with Crippen LogP contribution in [-0.2, 0) is 14.8 Å². The maximum atomic E-state index is 14.6. The van der Waals surface area contributed by atoms with Crippen LogP contribution in [0.2, 0.25) is 0 Å². The summed E-state index contributed by atoms with van der Waals surface area (Å²) in [6.07, 6.45) is 0. The number of carbonyl (C=O) groups is 1. The van der Waals surface area contributed by atoms with Gasteiger partial charge in [-0.2, -0.15) is 4.31 Å². The first-order valence-corrected chi connectivity index (χ1v) is 12.3. The number of carbonyl (C=O) groups excluding carboxylic acids is 1. The summed E-state index contributed by atoms with van der Waals surface area (Å²) >= 11 is 1.56. The van der Waals surface area contributed by atoms with Crippen molar-refractivity contribution in [2.45, 2.75) is 14.7 Å². The van der Waals surface area contributed by atoms with Crippen molar-refractivity contribution in [2.24, 2.45) is 0 Å². The molecule has 0 saturated carbocycles. The number of benzene rings is 3. The number of amides is 1. The molecule has 9 heteroatoms. The second kappa shape index (κ2) is 8.32. The van der Waals surface area contributed by atoms with Gasteiger partial charge in [-0.05, 0) is 42.5 Å². The van der Waals surface area contributed by atoms with Crippen molar-refractivity contribution in [3.63, 3.8) is 0 Å². The molecule has 164 valence electrons. The lowest BCUT2D eigenvalue weighted by atomic mass is 10.1. The normalized spacial score (nSPS) is 16.3. The predicted molar refractivity (Wildman–Crippen MR) is 119 cm³/mol. The molecular weight excluding hydrogens is 451 g/mol. The number of nitrogens with zero attached hydrogens (tertiary/aromatic N) is 2. The SMILES string of the molecule is O=C(c1ccc(F)c(S(=O)(=O)N2CCOCC2)c1)N1c2ccccc2Sc2ccccc21. The lowest BCUT2D eigenvalue weighted by Crippen LogP contribution is -2.41. The van der Waals surface area contributed by atoms with Gasteiger partial charge in [0.15, 0.2) is 0 Å². The zero-order valence-electron chi connectivity index (χ0n) is 16.9. The van der Waals surface area contributed by atoms with Crippen molar-refractivity contribution < 1.29 is 22.3 Å². The average Bonchev–Trinajstić information content (AvgIpc) is 2.83. The Morgan fingerprint density at radius 1 is 0.906 bits per heavy atom. The summed E-state index contributed by atoms with van der Waals surface area (Å²) in [5, 5.41) is 0. The van der Waals surface area contributed by atoms with Gasteiger partial charge in [-0.1, -0.05) is 36.0 Å². The molecule has 2 aliphatic rings. The number of rotatable bonds is 3. The molecule has 0 spiro atoms. The summed E-state index contributed by atoms with van der Waals surface area (Å²) in [7, 11) is -4.10. The van der Waals surface area contributed by atoms with Crippen LogP contribution in [0.3, 0.4) is 0 Å². The molecule has 1 amide bonds. The van der Waals surface area contributed by atoms with E-state index in [9.17, 15) is 17.6 Å². The van der Waals surface area contributed by atoms with Gasteiger partial charge >= 0.3 is 0 Å². The van der Waals surface area contributed by atoms with Crippen LogP contribution in [0.15, 0.2) is 81.4 Å². The molecule has 1 fully saturated rings. The smallest absolute Gasteiger partial charge is 0.262 e. The van der Waals surface area contributed by atoms with E-state index in [0.29, 0.717) is 11.4 Å². The van der Waals surface area contributed by atoms with Crippen molar-refractivity contribution in [1.82, 2.24) is 4.31 Å². The Kier molecular flexibility index (Phi) is 5.50. The van der Waals surface area contributed by atoms with Gasteiger partial charge in [-0.25, -0.2) is 12.8 Å². The number of para-hydroxylation sites is 2. The number of halogens is 1. The van der Waals surface area contributed by atoms with Crippen LogP contribution >= 0.6 is 11.8 Å². The second-order valence-electron chi connectivity index (χ2n) is 7.34. The fraction of sp³-hybridized carbons (Fsp3) is 0.174. The zero-order valence-corrected chi connectivity index (χ0v) is 18.5. The average molecular weight is 471 g/mol. The predicted octanol–water partition coefficient (Wildman–Crippen LogP) is 4.29. The van der Waals surface area contributed by atoms with E-state index >= 15 is 0 Å². The minimum atomic E-state index is -4.10. The van der Waals surface area contributed by atoms with Gasteiger partial charge in [0.05, 0.1) is 24.6 Å². The highest BCUT2D eigenvalue weighted by molar-refractivity contribution is 7.99. The topological polar surface area (TPSA) is 66.9 Å². The summed E-state index contributed by atoms with van der Waals surface area (Å²) < 4.78 is 47.1. The van der Waals surface area contributed by atoms with Crippen molar-refractivity contribution in [3.8, 4) is 0 Å². The van der Waals surface area contributed by atoms with Crippen LogP contribution in [-0.4, -0.2) is 44.9 Å². The van der Waals surface area contributed by atoms with Gasteiger partial charge < -0.3 is 4.74 Å². The van der Waals surface area contributed by atoms with Gasteiger partial charge in [0.25, 0.3) is 5.91 Å². The Morgan fingerprint density at radius 3 is 2.12 bits per heavy atom. The van der Waals surface area contributed by atoms with E-state index in [1.165, 1.54) is 10.4 Å². The number of hydrogen-bond acceptors (Lipinski definition) is 5. The van der Waals surface area contributed by atoms with Gasteiger partial charge in [0.2, 0.25) is 10.0 Å². The zero-order chi connectivity index (χ0) is 22.3. The Morgan fingerprint density at radius 2 is 1.50 bits per heavy atom. The molecule has 5 rings (SSSR count). The highest BCUT2D eigenvalue weighted by Crippen LogP contribution is 2.48. The van der Waals surface area contributed by atoms with Gasteiger partial charge in [-0.3, -0.25) is 9.69 Å². The lowest BCUT2D eigenvalue weighted by Gasteiger charge is -2.31. The third-order valence-corrected chi connectivity index (χ3v) is 8.45. The molecule has 0 N–H and O–H groups in total.